The number of fused-ring (bicyclic) bond motifs is 8. The second kappa shape index (κ2) is 14.8. The molecule has 0 aliphatic heterocycles. The molecule has 290 valence electrons. The molecule has 12 rings (SSSR count). The third-order valence-electron chi connectivity index (χ3n) is 12.6. The smallest absolute Gasteiger partial charge is 0.0541 e. The zero-order valence-electron chi connectivity index (χ0n) is 34.0. The summed E-state index contributed by atoms with van der Waals surface area (Å²) in [6, 6.07) is 88.4. The van der Waals surface area contributed by atoms with Gasteiger partial charge in [0.05, 0.1) is 22.4 Å². The molecule has 0 amide bonds. The SMILES string of the molecule is c1ccc(-c2ccccc2N(c2ccc(-c3ccccc3-n3c4ccccc4c4ccccc43)cc2)c2ccc(-c3cc4ccc5ccccc5c4c4ccccc34)cc2)cc1. The van der Waals surface area contributed by atoms with Gasteiger partial charge in [-0.3, -0.25) is 0 Å². The first-order valence-electron chi connectivity index (χ1n) is 21.3. The zero-order chi connectivity index (χ0) is 41.0. The van der Waals surface area contributed by atoms with E-state index in [1.165, 1.54) is 81.9 Å². The van der Waals surface area contributed by atoms with Gasteiger partial charge in [0.15, 0.2) is 0 Å². The van der Waals surface area contributed by atoms with E-state index in [0.29, 0.717) is 0 Å². The van der Waals surface area contributed by atoms with Crippen LogP contribution in [0.3, 0.4) is 0 Å². The topological polar surface area (TPSA) is 8.17 Å². The lowest BCUT2D eigenvalue weighted by molar-refractivity contribution is 1.18. The second-order valence-electron chi connectivity index (χ2n) is 16.1. The van der Waals surface area contributed by atoms with Gasteiger partial charge in [0.25, 0.3) is 0 Å². The molecule has 11 aromatic carbocycles. The summed E-state index contributed by atoms with van der Waals surface area (Å²) in [4.78, 5) is 2.40. The van der Waals surface area contributed by atoms with Gasteiger partial charge in [-0.1, -0.05) is 188 Å². The van der Waals surface area contributed by atoms with Crippen LogP contribution in [0.5, 0.6) is 0 Å². The van der Waals surface area contributed by atoms with Crippen LogP contribution in [0.1, 0.15) is 0 Å². The van der Waals surface area contributed by atoms with Crippen molar-refractivity contribution in [2.24, 2.45) is 0 Å². The Morgan fingerprint density at radius 3 is 1.47 bits per heavy atom. The molecule has 0 atom stereocenters. The van der Waals surface area contributed by atoms with Crippen molar-refractivity contribution in [1.29, 1.82) is 0 Å². The fourth-order valence-electron chi connectivity index (χ4n) is 9.75. The Kier molecular flexibility index (Phi) is 8.53. The average molecular weight is 789 g/mol. The molecule has 2 heteroatoms. The summed E-state index contributed by atoms with van der Waals surface area (Å²) in [5, 5.41) is 10.2. The number of nitrogens with zero attached hydrogens (tertiary/aromatic N) is 2. The molecular weight excluding hydrogens is 749 g/mol. The molecule has 0 aliphatic rings. The summed E-state index contributed by atoms with van der Waals surface area (Å²) in [7, 11) is 0. The molecule has 0 fully saturated rings. The molecule has 1 aromatic heterocycles. The maximum absolute atomic E-state index is 2.42. The van der Waals surface area contributed by atoms with E-state index in [1.54, 1.807) is 0 Å². The summed E-state index contributed by atoms with van der Waals surface area (Å²) in [5.74, 6) is 0. The zero-order valence-corrected chi connectivity index (χ0v) is 34.0. The number of hydrogen-bond donors (Lipinski definition) is 0. The second-order valence-corrected chi connectivity index (χ2v) is 16.1. The third kappa shape index (κ3) is 5.88. The molecular formula is C60H40N2. The molecule has 1 heterocycles. The number of aromatic nitrogens is 1. The molecule has 62 heavy (non-hydrogen) atoms. The van der Waals surface area contributed by atoms with E-state index in [-0.39, 0.29) is 0 Å². The lowest BCUT2D eigenvalue weighted by atomic mass is 9.90. The fraction of sp³-hybridized carbons (Fsp3) is 0. The van der Waals surface area contributed by atoms with E-state index in [0.717, 1.165) is 28.3 Å². The van der Waals surface area contributed by atoms with Gasteiger partial charge in [-0.05, 0) is 109 Å². The molecule has 0 spiro atoms. The minimum atomic E-state index is 1.09. The first-order chi connectivity index (χ1) is 30.8. The molecule has 0 N–H and O–H groups in total. The Balaban J connectivity index is 0.990. The van der Waals surface area contributed by atoms with E-state index in [4.69, 9.17) is 0 Å². The van der Waals surface area contributed by atoms with E-state index in [2.05, 4.69) is 252 Å². The van der Waals surface area contributed by atoms with Crippen LogP contribution in [0.2, 0.25) is 0 Å². The van der Waals surface area contributed by atoms with Gasteiger partial charge in [-0.2, -0.15) is 0 Å². The van der Waals surface area contributed by atoms with E-state index in [1.807, 2.05) is 0 Å². The van der Waals surface area contributed by atoms with Crippen LogP contribution in [-0.2, 0) is 0 Å². The van der Waals surface area contributed by atoms with Crippen LogP contribution in [0.15, 0.2) is 243 Å². The van der Waals surface area contributed by atoms with Crippen LogP contribution in [-0.4, -0.2) is 4.57 Å². The van der Waals surface area contributed by atoms with E-state index < -0.39 is 0 Å². The quantitative estimate of drug-likeness (QED) is 0.146. The number of benzene rings is 11. The summed E-state index contributed by atoms with van der Waals surface area (Å²) in [6.07, 6.45) is 0. The Hall–Kier alpha value is -8.20. The molecule has 0 saturated heterocycles. The maximum atomic E-state index is 2.42. The van der Waals surface area contributed by atoms with Crippen LogP contribution >= 0.6 is 0 Å². The molecule has 12 aromatic rings. The van der Waals surface area contributed by atoms with Crippen molar-refractivity contribution >= 4 is 71.2 Å². The van der Waals surface area contributed by atoms with Crippen molar-refractivity contribution in [3.8, 4) is 39.1 Å². The van der Waals surface area contributed by atoms with Crippen molar-refractivity contribution < 1.29 is 0 Å². The van der Waals surface area contributed by atoms with E-state index >= 15 is 0 Å². The van der Waals surface area contributed by atoms with Crippen molar-refractivity contribution in [3.05, 3.63) is 243 Å². The summed E-state index contributed by atoms with van der Waals surface area (Å²) >= 11 is 0. The van der Waals surface area contributed by atoms with Crippen molar-refractivity contribution in [3.63, 3.8) is 0 Å². The highest BCUT2D eigenvalue weighted by molar-refractivity contribution is 6.23. The van der Waals surface area contributed by atoms with Gasteiger partial charge in [0.2, 0.25) is 0 Å². The summed E-state index contributed by atoms with van der Waals surface area (Å²) in [6.45, 7) is 0. The first-order valence-corrected chi connectivity index (χ1v) is 21.3. The highest BCUT2D eigenvalue weighted by Crippen LogP contribution is 2.44. The molecule has 2 nitrogen and oxygen atoms in total. The Morgan fingerprint density at radius 2 is 0.774 bits per heavy atom. The first kappa shape index (κ1) is 35.7. The normalized spacial score (nSPS) is 11.5. The Morgan fingerprint density at radius 1 is 0.290 bits per heavy atom. The monoisotopic (exact) mass is 788 g/mol. The molecule has 0 bridgehead atoms. The largest absolute Gasteiger partial charge is 0.310 e. The number of para-hydroxylation sites is 4. The van der Waals surface area contributed by atoms with Crippen LogP contribution in [0.4, 0.5) is 17.1 Å². The fourth-order valence-corrected chi connectivity index (χ4v) is 9.75. The Labute approximate surface area is 360 Å². The summed E-state index contributed by atoms with van der Waals surface area (Å²) in [5.41, 5.74) is 14.0. The summed E-state index contributed by atoms with van der Waals surface area (Å²) < 4.78 is 2.42. The van der Waals surface area contributed by atoms with Crippen molar-refractivity contribution in [2.75, 3.05) is 4.90 Å². The maximum Gasteiger partial charge on any atom is 0.0541 e. The van der Waals surface area contributed by atoms with Gasteiger partial charge in [-0.25, -0.2) is 0 Å². The predicted molar refractivity (Wildman–Crippen MR) is 264 cm³/mol. The molecule has 0 radical (unpaired) electrons. The molecule has 0 saturated carbocycles. The van der Waals surface area contributed by atoms with Gasteiger partial charge < -0.3 is 9.47 Å². The highest BCUT2D eigenvalue weighted by atomic mass is 15.1. The van der Waals surface area contributed by atoms with Gasteiger partial charge >= 0.3 is 0 Å². The highest BCUT2D eigenvalue weighted by Gasteiger charge is 2.20. The standard InChI is InChI=1S/C60H40N2/c1-2-16-41(17-3-1)48-19-8-12-26-56(48)61(47-38-34-44(35-39-47)55-40-45-31-30-42-18-4-5-21-50(42)60(45)54-25-7-6-22-51(54)55)46-36-32-43(33-37-46)49-20-9-13-27-57(49)62-58-28-14-10-23-52(58)53-24-11-15-29-59(53)62/h1-40H. The van der Waals surface area contributed by atoms with Crippen molar-refractivity contribution in [2.45, 2.75) is 0 Å². The lowest BCUT2D eigenvalue weighted by Crippen LogP contribution is -2.11. The van der Waals surface area contributed by atoms with Crippen LogP contribution in [0, 0.1) is 0 Å². The number of anilines is 3. The van der Waals surface area contributed by atoms with E-state index in [9.17, 15) is 0 Å². The van der Waals surface area contributed by atoms with Gasteiger partial charge in [0, 0.05) is 33.3 Å². The lowest BCUT2D eigenvalue weighted by Gasteiger charge is -2.28. The molecule has 0 aliphatic carbocycles. The Bertz CT molecular complexity index is 3560. The van der Waals surface area contributed by atoms with Crippen LogP contribution < -0.4 is 4.90 Å². The van der Waals surface area contributed by atoms with Crippen molar-refractivity contribution in [1.82, 2.24) is 4.57 Å². The van der Waals surface area contributed by atoms with Gasteiger partial charge in [0.1, 0.15) is 0 Å². The van der Waals surface area contributed by atoms with Gasteiger partial charge in [-0.15, -0.1) is 0 Å². The predicted octanol–water partition coefficient (Wildman–Crippen LogP) is 16.7. The number of rotatable bonds is 7. The minimum absolute atomic E-state index is 1.09. The average Bonchev–Trinajstić information content (AvgIpc) is 3.69. The minimum Gasteiger partial charge on any atom is -0.310 e. The number of hydrogen-bond acceptors (Lipinski definition) is 1. The molecule has 0 unspecified atom stereocenters. The third-order valence-corrected chi connectivity index (χ3v) is 12.6. The van der Waals surface area contributed by atoms with Crippen LogP contribution in [0.25, 0.3) is 93.2 Å².